The van der Waals surface area contributed by atoms with E-state index < -0.39 is 0 Å². The highest BCUT2D eigenvalue weighted by molar-refractivity contribution is 5.14. The summed E-state index contributed by atoms with van der Waals surface area (Å²) in [6.07, 6.45) is 8.05. The van der Waals surface area contributed by atoms with Crippen LogP contribution in [-0.4, -0.2) is 11.5 Å². The summed E-state index contributed by atoms with van der Waals surface area (Å²) < 4.78 is 0. The van der Waals surface area contributed by atoms with Crippen molar-refractivity contribution in [1.29, 1.82) is 0 Å². The third kappa shape index (κ3) is 3.31. The van der Waals surface area contributed by atoms with E-state index in [1.165, 1.54) is 24.8 Å². The standard InChI is InChI=1S/C14H22N2/c1-11(2)14(13-4-3-8-15-10-13)16-9-7-12-5-6-12/h3-4,8,10-12,14,16H,5-7,9H2,1-2H3. The number of nitrogens with zero attached hydrogens (tertiary/aromatic N) is 1. The maximum atomic E-state index is 4.20. The van der Waals surface area contributed by atoms with Crippen molar-refractivity contribution in [3.05, 3.63) is 30.1 Å². The topological polar surface area (TPSA) is 24.9 Å². The first-order valence-corrected chi connectivity index (χ1v) is 6.40. The van der Waals surface area contributed by atoms with Gasteiger partial charge in [-0.05, 0) is 36.4 Å². The Labute approximate surface area is 98.5 Å². The largest absolute Gasteiger partial charge is 0.310 e. The smallest absolute Gasteiger partial charge is 0.0358 e. The third-order valence-electron chi connectivity index (χ3n) is 3.32. The molecule has 1 aliphatic carbocycles. The molecule has 0 spiro atoms. The molecule has 16 heavy (non-hydrogen) atoms. The minimum atomic E-state index is 0.451. The summed E-state index contributed by atoms with van der Waals surface area (Å²) in [7, 11) is 0. The lowest BCUT2D eigenvalue weighted by atomic mass is 9.97. The summed E-state index contributed by atoms with van der Waals surface area (Å²) in [4.78, 5) is 4.20. The van der Waals surface area contributed by atoms with Crippen LogP contribution in [0.15, 0.2) is 24.5 Å². The molecule has 1 unspecified atom stereocenters. The average Bonchev–Trinajstić information content (AvgIpc) is 3.09. The Bertz CT molecular complexity index is 304. The number of rotatable bonds is 6. The first-order chi connectivity index (χ1) is 7.77. The molecule has 2 heteroatoms. The van der Waals surface area contributed by atoms with Crippen molar-refractivity contribution >= 4 is 0 Å². The minimum absolute atomic E-state index is 0.451. The van der Waals surface area contributed by atoms with Gasteiger partial charge in [0.15, 0.2) is 0 Å². The van der Waals surface area contributed by atoms with Crippen LogP contribution < -0.4 is 5.32 Å². The minimum Gasteiger partial charge on any atom is -0.310 e. The van der Waals surface area contributed by atoms with E-state index in [4.69, 9.17) is 0 Å². The van der Waals surface area contributed by atoms with Crippen LogP contribution in [0.5, 0.6) is 0 Å². The van der Waals surface area contributed by atoms with Crippen LogP contribution in [0, 0.1) is 11.8 Å². The molecular weight excluding hydrogens is 196 g/mol. The molecular formula is C14H22N2. The van der Waals surface area contributed by atoms with Crippen molar-refractivity contribution in [2.45, 2.75) is 39.2 Å². The van der Waals surface area contributed by atoms with Crippen molar-refractivity contribution in [1.82, 2.24) is 10.3 Å². The van der Waals surface area contributed by atoms with Crippen LogP contribution in [0.1, 0.15) is 44.7 Å². The Morgan fingerprint density at radius 1 is 1.44 bits per heavy atom. The summed E-state index contributed by atoms with van der Waals surface area (Å²) in [6, 6.07) is 4.64. The second-order valence-electron chi connectivity index (χ2n) is 5.19. The molecule has 1 heterocycles. The van der Waals surface area contributed by atoms with Crippen LogP contribution in [0.25, 0.3) is 0 Å². The number of hydrogen-bond donors (Lipinski definition) is 1. The third-order valence-corrected chi connectivity index (χ3v) is 3.32. The Hall–Kier alpha value is -0.890. The molecule has 1 aliphatic rings. The van der Waals surface area contributed by atoms with Gasteiger partial charge >= 0.3 is 0 Å². The van der Waals surface area contributed by atoms with E-state index in [9.17, 15) is 0 Å². The zero-order valence-corrected chi connectivity index (χ0v) is 10.3. The molecule has 1 aromatic heterocycles. The van der Waals surface area contributed by atoms with Crippen LogP contribution in [0.3, 0.4) is 0 Å². The predicted molar refractivity (Wildman–Crippen MR) is 67.2 cm³/mol. The molecule has 0 aliphatic heterocycles. The molecule has 2 nitrogen and oxygen atoms in total. The number of hydrogen-bond acceptors (Lipinski definition) is 2. The molecule has 1 atom stereocenters. The van der Waals surface area contributed by atoms with Crippen molar-refractivity contribution in [3.8, 4) is 0 Å². The van der Waals surface area contributed by atoms with Gasteiger partial charge in [-0.2, -0.15) is 0 Å². The van der Waals surface area contributed by atoms with Gasteiger partial charge in [0.05, 0.1) is 0 Å². The van der Waals surface area contributed by atoms with Crippen LogP contribution in [0.2, 0.25) is 0 Å². The summed E-state index contributed by atoms with van der Waals surface area (Å²) in [5, 5.41) is 3.67. The number of pyridine rings is 1. The Morgan fingerprint density at radius 3 is 2.81 bits per heavy atom. The summed E-state index contributed by atoms with van der Waals surface area (Å²) in [6.45, 7) is 5.67. The first kappa shape index (κ1) is 11.6. The molecule has 0 amide bonds. The summed E-state index contributed by atoms with van der Waals surface area (Å²) >= 11 is 0. The van der Waals surface area contributed by atoms with E-state index in [2.05, 4.69) is 30.2 Å². The average molecular weight is 218 g/mol. The Kier molecular flexibility index (Phi) is 3.94. The molecule has 0 aromatic carbocycles. The van der Waals surface area contributed by atoms with Gasteiger partial charge in [-0.25, -0.2) is 0 Å². The molecule has 1 fully saturated rings. The Balaban J connectivity index is 1.88. The highest BCUT2D eigenvalue weighted by atomic mass is 14.9. The number of nitrogens with one attached hydrogen (secondary N) is 1. The van der Waals surface area contributed by atoms with Crippen molar-refractivity contribution in [3.63, 3.8) is 0 Å². The molecule has 0 radical (unpaired) electrons. The fourth-order valence-electron chi connectivity index (χ4n) is 2.15. The van der Waals surface area contributed by atoms with Crippen LogP contribution >= 0.6 is 0 Å². The van der Waals surface area contributed by atoms with Crippen molar-refractivity contribution < 1.29 is 0 Å². The fraction of sp³-hybridized carbons (Fsp3) is 0.643. The summed E-state index contributed by atoms with van der Waals surface area (Å²) in [5.41, 5.74) is 1.31. The maximum Gasteiger partial charge on any atom is 0.0358 e. The quantitative estimate of drug-likeness (QED) is 0.793. The van der Waals surface area contributed by atoms with Gasteiger partial charge in [-0.15, -0.1) is 0 Å². The monoisotopic (exact) mass is 218 g/mol. The van der Waals surface area contributed by atoms with Crippen molar-refractivity contribution in [2.24, 2.45) is 11.8 Å². The molecule has 1 N–H and O–H groups in total. The molecule has 0 bridgehead atoms. The lowest BCUT2D eigenvalue weighted by Gasteiger charge is -2.22. The predicted octanol–water partition coefficient (Wildman–Crippen LogP) is 3.17. The number of aromatic nitrogens is 1. The molecule has 1 saturated carbocycles. The van der Waals surface area contributed by atoms with Crippen molar-refractivity contribution in [2.75, 3.05) is 6.54 Å². The lowest BCUT2D eigenvalue weighted by Crippen LogP contribution is -2.27. The maximum absolute atomic E-state index is 4.20. The lowest BCUT2D eigenvalue weighted by molar-refractivity contribution is 0.404. The highest BCUT2D eigenvalue weighted by Gasteiger charge is 2.21. The first-order valence-electron chi connectivity index (χ1n) is 6.40. The molecule has 0 saturated heterocycles. The van der Waals surface area contributed by atoms with Crippen LogP contribution in [-0.2, 0) is 0 Å². The summed E-state index contributed by atoms with van der Waals surface area (Å²) in [5.74, 6) is 1.62. The highest BCUT2D eigenvalue weighted by Crippen LogP contribution is 2.32. The van der Waals surface area contributed by atoms with E-state index in [1.807, 2.05) is 18.5 Å². The fourth-order valence-corrected chi connectivity index (χ4v) is 2.15. The van der Waals surface area contributed by atoms with Gasteiger partial charge in [0, 0.05) is 18.4 Å². The SMILES string of the molecule is CC(C)C(NCCC1CC1)c1cccnc1. The van der Waals surface area contributed by atoms with Gasteiger partial charge in [0.2, 0.25) is 0 Å². The van der Waals surface area contributed by atoms with E-state index in [1.54, 1.807) is 0 Å². The molecule has 1 aromatic rings. The second kappa shape index (κ2) is 5.44. The van der Waals surface area contributed by atoms with Gasteiger partial charge in [0.25, 0.3) is 0 Å². The van der Waals surface area contributed by atoms with E-state index in [0.29, 0.717) is 12.0 Å². The van der Waals surface area contributed by atoms with Gasteiger partial charge < -0.3 is 5.32 Å². The Morgan fingerprint density at radius 2 is 2.25 bits per heavy atom. The van der Waals surface area contributed by atoms with E-state index >= 15 is 0 Å². The van der Waals surface area contributed by atoms with E-state index in [0.717, 1.165) is 12.5 Å². The van der Waals surface area contributed by atoms with E-state index in [-0.39, 0.29) is 0 Å². The van der Waals surface area contributed by atoms with Gasteiger partial charge in [0.1, 0.15) is 0 Å². The molecule has 88 valence electrons. The zero-order chi connectivity index (χ0) is 11.4. The molecule has 2 rings (SSSR count). The van der Waals surface area contributed by atoms with Crippen LogP contribution in [0.4, 0.5) is 0 Å². The second-order valence-corrected chi connectivity index (χ2v) is 5.19. The zero-order valence-electron chi connectivity index (χ0n) is 10.3. The van der Waals surface area contributed by atoms with Gasteiger partial charge in [-0.1, -0.05) is 32.8 Å². The normalized spacial score (nSPS) is 17.7. The van der Waals surface area contributed by atoms with Gasteiger partial charge in [-0.3, -0.25) is 4.98 Å².